The summed E-state index contributed by atoms with van der Waals surface area (Å²) in [7, 11) is 3.12. The Morgan fingerprint density at radius 1 is 1.03 bits per heavy atom. The second-order valence-corrected chi connectivity index (χ2v) is 8.27. The van der Waals surface area contributed by atoms with Gasteiger partial charge in [-0.3, -0.25) is 18.7 Å². The van der Waals surface area contributed by atoms with Gasteiger partial charge in [-0.25, -0.2) is 9.78 Å². The molecular formula is C20H24N6O3. The SMILES string of the molecule is Cn1c(=O)c2c(ncn2CCN2C[C@@H]3C[C@H](C2)c2cccc(=O)n2C3)n(C)c1=O. The van der Waals surface area contributed by atoms with Crippen LogP contribution in [0.5, 0.6) is 0 Å². The third-order valence-electron chi connectivity index (χ3n) is 6.43. The Morgan fingerprint density at radius 2 is 1.86 bits per heavy atom. The fraction of sp³-hybridized carbons (Fsp3) is 0.500. The molecule has 1 fully saturated rings. The van der Waals surface area contributed by atoms with E-state index in [1.807, 2.05) is 15.2 Å². The molecule has 152 valence electrons. The van der Waals surface area contributed by atoms with Gasteiger partial charge in [0, 0.05) is 64.5 Å². The summed E-state index contributed by atoms with van der Waals surface area (Å²) in [5, 5.41) is 0. The summed E-state index contributed by atoms with van der Waals surface area (Å²) in [6.45, 7) is 4.05. The van der Waals surface area contributed by atoms with E-state index in [1.54, 1.807) is 19.4 Å². The number of likely N-dealkylation sites (tertiary alicyclic amines) is 1. The summed E-state index contributed by atoms with van der Waals surface area (Å²) >= 11 is 0. The largest absolute Gasteiger partial charge is 0.332 e. The number of nitrogens with zero attached hydrogens (tertiary/aromatic N) is 6. The van der Waals surface area contributed by atoms with Crippen molar-refractivity contribution >= 4 is 11.2 Å². The normalized spacial score (nSPS) is 21.4. The molecule has 5 rings (SSSR count). The molecule has 0 spiro atoms. The predicted molar refractivity (Wildman–Crippen MR) is 108 cm³/mol. The number of aromatic nitrogens is 5. The Kier molecular flexibility index (Phi) is 4.09. The maximum Gasteiger partial charge on any atom is 0.332 e. The van der Waals surface area contributed by atoms with Gasteiger partial charge in [0.15, 0.2) is 11.2 Å². The quantitative estimate of drug-likeness (QED) is 0.608. The van der Waals surface area contributed by atoms with Crippen molar-refractivity contribution in [3.63, 3.8) is 0 Å². The zero-order chi connectivity index (χ0) is 20.3. The zero-order valence-corrected chi connectivity index (χ0v) is 16.6. The standard InChI is InChI=1S/C20H24N6O3/c1-22-18-17(19(28)23(2)20(22)29)25(12-21-18)7-6-24-9-13-8-14(11-24)15-4-3-5-16(27)26(15)10-13/h3-5,12-14H,6-11H2,1-2H3/t13-,14+/m0/s1. The van der Waals surface area contributed by atoms with Gasteiger partial charge in [0.05, 0.1) is 6.33 Å². The lowest BCUT2D eigenvalue weighted by molar-refractivity contribution is 0.117. The molecule has 0 aromatic carbocycles. The summed E-state index contributed by atoms with van der Waals surface area (Å²) in [6, 6.07) is 5.56. The smallest absolute Gasteiger partial charge is 0.323 e. The van der Waals surface area contributed by atoms with Crippen molar-refractivity contribution in [2.45, 2.75) is 25.4 Å². The molecule has 0 amide bonds. The van der Waals surface area contributed by atoms with Crippen molar-refractivity contribution in [3.8, 4) is 0 Å². The number of hydrogen-bond acceptors (Lipinski definition) is 5. The van der Waals surface area contributed by atoms with Crippen LogP contribution in [-0.2, 0) is 27.2 Å². The molecule has 1 saturated heterocycles. The number of rotatable bonds is 3. The van der Waals surface area contributed by atoms with Gasteiger partial charge in [-0.15, -0.1) is 0 Å². The van der Waals surface area contributed by atoms with Gasteiger partial charge >= 0.3 is 5.69 Å². The maximum atomic E-state index is 12.6. The second-order valence-electron chi connectivity index (χ2n) is 8.27. The number of aryl methyl sites for hydroxylation is 1. The second kappa shape index (κ2) is 6.55. The minimum Gasteiger partial charge on any atom is -0.323 e. The molecule has 2 aliphatic rings. The Morgan fingerprint density at radius 3 is 2.69 bits per heavy atom. The Balaban J connectivity index is 1.39. The zero-order valence-electron chi connectivity index (χ0n) is 16.6. The monoisotopic (exact) mass is 396 g/mol. The highest BCUT2D eigenvalue weighted by atomic mass is 16.2. The summed E-state index contributed by atoms with van der Waals surface area (Å²) in [4.78, 5) is 43.6. The minimum atomic E-state index is -0.370. The number of hydrogen-bond donors (Lipinski definition) is 0. The molecule has 3 aromatic heterocycles. The first-order chi connectivity index (χ1) is 13.9. The van der Waals surface area contributed by atoms with Crippen LogP contribution in [0.3, 0.4) is 0 Å². The third-order valence-corrected chi connectivity index (χ3v) is 6.43. The van der Waals surface area contributed by atoms with Crippen LogP contribution in [-0.4, -0.2) is 47.8 Å². The van der Waals surface area contributed by atoms with Crippen LogP contribution >= 0.6 is 0 Å². The number of fused-ring (bicyclic) bond motifs is 5. The van der Waals surface area contributed by atoms with Crippen molar-refractivity contribution in [3.05, 3.63) is 61.4 Å². The molecule has 0 unspecified atom stereocenters. The van der Waals surface area contributed by atoms with Crippen molar-refractivity contribution in [1.82, 2.24) is 28.2 Å². The summed E-state index contributed by atoms with van der Waals surface area (Å²) in [5.41, 5.74) is 1.42. The topological polar surface area (TPSA) is 87.1 Å². The average Bonchev–Trinajstić information content (AvgIpc) is 3.14. The van der Waals surface area contributed by atoms with E-state index in [-0.39, 0.29) is 16.8 Å². The average molecular weight is 396 g/mol. The first-order valence-electron chi connectivity index (χ1n) is 9.97. The molecule has 0 radical (unpaired) electrons. The van der Waals surface area contributed by atoms with E-state index in [0.717, 1.165) is 42.9 Å². The Labute approximate surface area is 166 Å². The van der Waals surface area contributed by atoms with Gasteiger partial charge in [0.25, 0.3) is 11.1 Å². The van der Waals surface area contributed by atoms with Crippen molar-refractivity contribution in [2.24, 2.45) is 20.0 Å². The first kappa shape index (κ1) is 18.1. The van der Waals surface area contributed by atoms with Crippen LogP contribution in [0.2, 0.25) is 0 Å². The molecule has 3 aromatic rings. The number of imidazole rings is 1. The fourth-order valence-electron chi connectivity index (χ4n) is 4.99. The Bertz CT molecular complexity index is 1280. The predicted octanol–water partition coefficient (Wildman–Crippen LogP) is -0.285. The minimum absolute atomic E-state index is 0.0944. The number of pyridine rings is 1. The van der Waals surface area contributed by atoms with Gasteiger partial charge in [-0.1, -0.05) is 6.07 Å². The van der Waals surface area contributed by atoms with Gasteiger partial charge in [0.2, 0.25) is 0 Å². The highest BCUT2D eigenvalue weighted by molar-refractivity contribution is 5.69. The van der Waals surface area contributed by atoms with Crippen LogP contribution in [0.25, 0.3) is 11.2 Å². The van der Waals surface area contributed by atoms with Crippen LogP contribution < -0.4 is 16.8 Å². The Hall–Kier alpha value is -2.94. The maximum absolute atomic E-state index is 12.6. The molecule has 29 heavy (non-hydrogen) atoms. The van der Waals surface area contributed by atoms with E-state index in [1.165, 1.54) is 11.6 Å². The van der Waals surface area contributed by atoms with E-state index in [4.69, 9.17) is 0 Å². The van der Waals surface area contributed by atoms with E-state index in [9.17, 15) is 14.4 Å². The number of piperidine rings is 1. The van der Waals surface area contributed by atoms with Gasteiger partial charge in [-0.05, 0) is 18.4 Å². The molecule has 2 bridgehead atoms. The molecular weight excluding hydrogens is 372 g/mol. The molecule has 0 aliphatic carbocycles. The molecule has 2 aliphatic heterocycles. The van der Waals surface area contributed by atoms with Crippen molar-refractivity contribution in [2.75, 3.05) is 19.6 Å². The summed E-state index contributed by atoms with van der Waals surface area (Å²) in [6.07, 6.45) is 2.77. The van der Waals surface area contributed by atoms with Crippen LogP contribution in [0, 0.1) is 5.92 Å². The highest BCUT2D eigenvalue weighted by Crippen LogP contribution is 2.34. The molecule has 5 heterocycles. The molecule has 2 atom stereocenters. The van der Waals surface area contributed by atoms with Crippen molar-refractivity contribution < 1.29 is 0 Å². The molecule has 0 N–H and O–H groups in total. The van der Waals surface area contributed by atoms with Crippen molar-refractivity contribution in [1.29, 1.82) is 0 Å². The van der Waals surface area contributed by atoms with Crippen LogP contribution in [0.1, 0.15) is 18.0 Å². The van der Waals surface area contributed by atoms with Gasteiger partial charge in [0.1, 0.15) is 0 Å². The van der Waals surface area contributed by atoms with Gasteiger partial charge in [-0.2, -0.15) is 0 Å². The summed E-state index contributed by atoms with van der Waals surface area (Å²) in [5.74, 6) is 0.833. The van der Waals surface area contributed by atoms with Crippen LogP contribution in [0.15, 0.2) is 38.9 Å². The lowest BCUT2D eigenvalue weighted by Crippen LogP contribution is -2.47. The van der Waals surface area contributed by atoms with Gasteiger partial charge < -0.3 is 14.0 Å². The van der Waals surface area contributed by atoms with E-state index in [0.29, 0.717) is 29.5 Å². The molecule has 9 heteroatoms. The summed E-state index contributed by atoms with van der Waals surface area (Å²) < 4.78 is 6.32. The molecule has 9 nitrogen and oxygen atoms in total. The van der Waals surface area contributed by atoms with Crippen LogP contribution in [0.4, 0.5) is 0 Å². The van der Waals surface area contributed by atoms with E-state index >= 15 is 0 Å². The van der Waals surface area contributed by atoms with E-state index < -0.39 is 0 Å². The lowest BCUT2D eigenvalue weighted by Gasteiger charge is -2.42. The van der Waals surface area contributed by atoms with E-state index in [2.05, 4.69) is 16.0 Å². The third kappa shape index (κ3) is 2.79. The first-order valence-corrected chi connectivity index (χ1v) is 9.97. The molecule has 0 saturated carbocycles. The lowest BCUT2D eigenvalue weighted by atomic mass is 9.83. The highest BCUT2D eigenvalue weighted by Gasteiger charge is 2.34. The fourth-order valence-corrected chi connectivity index (χ4v) is 4.99.